The van der Waals surface area contributed by atoms with Crippen molar-refractivity contribution in [1.29, 1.82) is 0 Å². The molecule has 1 aromatic carbocycles. The molecule has 2 heterocycles. The van der Waals surface area contributed by atoms with Gasteiger partial charge in [0.05, 0.1) is 19.4 Å². The van der Waals surface area contributed by atoms with Gasteiger partial charge in [-0.3, -0.25) is 9.59 Å². The highest BCUT2D eigenvalue weighted by Crippen LogP contribution is 2.22. The van der Waals surface area contributed by atoms with Crippen molar-refractivity contribution in [1.82, 2.24) is 20.4 Å². The second-order valence-corrected chi connectivity index (χ2v) is 7.73. The molecule has 2 aromatic rings. The van der Waals surface area contributed by atoms with Crippen LogP contribution < -0.4 is 10.1 Å². The minimum atomic E-state index is -0.245. The van der Waals surface area contributed by atoms with Crippen molar-refractivity contribution in [2.24, 2.45) is 0 Å². The Hall–Kier alpha value is -2.55. The third-order valence-corrected chi connectivity index (χ3v) is 5.74. The second kappa shape index (κ2) is 10.3. The number of rotatable bonds is 8. The number of aromatic nitrogens is 2. The first-order valence-corrected chi connectivity index (χ1v) is 10.8. The van der Waals surface area contributed by atoms with E-state index in [1.54, 1.807) is 31.4 Å². The first-order valence-electron chi connectivity index (χ1n) is 9.77. The number of ether oxygens (including phenoxy) is 1. The Labute approximate surface area is 174 Å². The van der Waals surface area contributed by atoms with Crippen LogP contribution in [0.3, 0.4) is 0 Å². The number of amides is 2. The molecule has 1 saturated heterocycles. The van der Waals surface area contributed by atoms with Crippen LogP contribution >= 0.6 is 11.8 Å². The molecule has 1 N–H and O–H groups in total. The van der Waals surface area contributed by atoms with E-state index in [4.69, 9.17) is 9.15 Å². The molecule has 0 aliphatic carbocycles. The molecule has 1 fully saturated rings. The number of carbonyl (C=O) groups is 2. The van der Waals surface area contributed by atoms with Crippen molar-refractivity contribution in [3.05, 3.63) is 35.7 Å². The number of likely N-dealkylation sites (tertiary alicyclic amines) is 1. The molecule has 8 nitrogen and oxygen atoms in total. The maximum Gasteiger partial charge on any atom is 0.277 e. The molecule has 1 aliphatic rings. The normalized spacial score (nSPS) is 16.5. The lowest BCUT2D eigenvalue weighted by Gasteiger charge is -2.35. The van der Waals surface area contributed by atoms with Crippen molar-refractivity contribution < 1.29 is 18.7 Å². The van der Waals surface area contributed by atoms with Crippen LogP contribution in [0.4, 0.5) is 0 Å². The first kappa shape index (κ1) is 21.2. The lowest BCUT2D eigenvalue weighted by molar-refractivity contribution is -0.132. The van der Waals surface area contributed by atoms with Crippen molar-refractivity contribution >= 4 is 23.6 Å². The summed E-state index contributed by atoms with van der Waals surface area (Å²) in [7, 11) is 1.57. The Balaban J connectivity index is 1.46. The van der Waals surface area contributed by atoms with Crippen LogP contribution in [0, 0.1) is 0 Å². The van der Waals surface area contributed by atoms with Gasteiger partial charge >= 0.3 is 0 Å². The molecule has 156 valence electrons. The molecule has 9 heteroatoms. The summed E-state index contributed by atoms with van der Waals surface area (Å²) in [5.41, 5.74) is 0.512. The van der Waals surface area contributed by atoms with Gasteiger partial charge in [-0.05, 0) is 49.9 Å². The van der Waals surface area contributed by atoms with Gasteiger partial charge in [-0.25, -0.2) is 0 Å². The summed E-state index contributed by atoms with van der Waals surface area (Å²) in [6.45, 7) is 3.06. The first-order chi connectivity index (χ1) is 14.1. The topological polar surface area (TPSA) is 97.6 Å². The van der Waals surface area contributed by atoms with E-state index in [9.17, 15) is 9.59 Å². The summed E-state index contributed by atoms with van der Waals surface area (Å²) in [6, 6.07) is 7.14. The van der Waals surface area contributed by atoms with E-state index >= 15 is 0 Å². The van der Waals surface area contributed by atoms with Crippen LogP contribution in [0.2, 0.25) is 0 Å². The van der Waals surface area contributed by atoms with Crippen molar-refractivity contribution in [2.75, 3.05) is 19.4 Å². The average molecular weight is 419 g/mol. The molecule has 0 saturated carbocycles. The van der Waals surface area contributed by atoms with E-state index in [-0.39, 0.29) is 24.1 Å². The van der Waals surface area contributed by atoms with E-state index < -0.39 is 0 Å². The van der Waals surface area contributed by atoms with Crippen molar-refractivity contribution in [3.8, 4) is 5.75 Å². The lowest BCUT2D eigenvalue weighted by Crippen LogP contribution is -2.44. The van der Waals surface area contributed by atoms with Crippen LogP contribution in [0.25, 0.3) is 0 Å². The second-order valence-electron chi connectivity index (χ2n) is 6.81. The smallest absolute Gasteiger partial charge is 0.277 e. The van der Waals surface area contributed by atoms with Crippen LogP contribution in [-0.4, -0.2) is 52.4 Å². The Morgan fingerprint density at radius 2 is 2.07 bits per heavy atom. The highest BCUT2D eigenvalue weighted by molar-refractivity contribution is 7.99. The Morgan fingerprint density at radius 3 is 2.79 bits per heavy atom. The molecule has 1 atom stereocenters. The van der Waals surface area contributed by atoms with Gasteiger partial charge in [0.2, 0.25) is 11.8 Å². The molecule has 0 bridgehead atoms. The number of hydrogen-bond acceptors (Lipinski definition) is 7. The predicted octanol–water partition coefficient (Wildman–Crippen LogP) is 2.89. The largest absolute Gasteiger partial charge is 0.497 e. The summed E-state index contributed by atoms with van der Waals surface area (Å²) in [5.74, 6) is 1.12. The van der Waals surface area contributed by atoms with Crippen molar-refractivity contribution in [3.63, 3.8) is 0 Å². The molecule has 1 aliphatic heterocycles. The minimum Gasteiger partial charge on any atom is -0.497 e. The van der Waals surface area contributed by atoms with E-state index in [1.807, 2.05) is 4.90 Å². The maximum atomic E-state index is 12.5. The van der Waals surface area contributed by atoms with E-state index in [2.05, 4.69) is 22.4 Å². The van der Waals surface area contributed by atoms with Crippen LogP contribution in [0.15, 0.2) is 33.9 Å². The third-order valence-electron chi connectivity index (χ3n) is 4.94. The Morgan fingerprint density at radius 1 is 1.28 bits per heavy atom. The third kappa shape index (κ3) is 5.72. The number of benzene rings is 1. The van der Waals surface area contributed by atoms with Gasteiger partial charge in [-0.2, -0.15) is 0 Å². The number of piperidine rings is 1. The fourth-order valence-electron chi connectivity index (χ4n) is 3.33. The predicted molar refractivity (Wildman–Crippen MR) is 109 cm³/mol. The number of carbonyl (C=O) groups excluding carboxylic acids is 2. The standard InChI is InChI=1S/C20H26N4O4S/c1-3-15-6-4-5-11-24(15)18(25)13-29-20-23-22-17(28-20)12-21-19(26)14-7-9-16(27-2)10-8-14/h7-10,15H,3-6,11-13H2,1-2H3,(H,21,26)/t15-/m1/s1. The van der Waals surface area contributed by atoms with Crippen molar-refractivity contribution in [2.45, 2.75) is 50.4 Å². The van der Waals surface area contributed by atoms with Gasteiger partial charge in [-0.1, -0.05) is 18.7 Å². The van der Waals surface area contributed by atoms with Gasteiger partial charge in [0.15, 0.2) is 0 Å². The Bertz CT molecular complexity index is 824. The SMILES string of the molecule is CC[C@@H]1CCCCN1C(=O)CSc1nnc(CNC(=O)c2ccc(OC)cc2)o1. The van der Waals surface area contributed by atoms with E-state index in [0.29, 0.717) is 28.5 Å². The van der Waals surface area contributed by atoms with Crippen LogP contribution in [0.1, 0.15) is 48.9 Å². The fourth-order valence-corrected chi connectivity index (χ4v) is 3.99. The zero-order valence-electron chi connectivity index (χ0n) is 16.7. The molecule has 2 amide bonds. The molecule has 0 spiro atoms. The molecule has 29 heavy (non-hydrogen) atoms. The van der Waals surface area contributed by atoms with Gasteiger partial charge in [0.1, 0.15) is 5.75 Å². The highest BCUT2D eigenvalue weighted by Gasteiger charge is 2.25. The van der Waals surface area contributed by atoms with Gasteiger partial charge in [0, 0.05) is 18.2 Å². The number of nitrogens with one attached hydrogen (secondary N) is 1. The summed E-state index contributed by atoms with van der Waals surface area (Å²) in [6.07, 6.45) is 4.30. The Kier molecular flexibility index (Phi) is 7.51. The number of thioether (sulfide) groups is 1. The molecule has 1 aromatic heterocycles. The number of nitrogens with zero attached hydrogens (tertiary/aromatic N) is 3. The average Bonchev–Trinajstić information content (AvgIpc) is 3.23. The monoisotopic (exact) mass is 418 g/mol. The molecular formula is C20H26N4O4S. The summed E-state index contributed by atoms with van der Waals surface area (Å²) in [4.78, 5) is 26.7. The number of methoxy groups -OCH3 is 1. The quantitative estimate of drug-likeness (QED) is 0.658. The minimum absolute atomic E-state index is 0.106. The van der Waals surface area contributed by atoms with E-state index in [1.165, 1.54) is 18.2 Å². The molecule has 0 radical (unpaired) electrons. The fraction of sp³-hybridized carbons (Fsp3) is 0.500. The summed E-state index contributed by atoms with van der Waals surface area (Å²) < 4.78 is 10.6. The summed E-state index contributed by atoms with van der Waals surface area (Å²) in [5, 5.41) is 11.0. The van der Waals surface area contributed by atoms with Gasteiger partial charge in [-0.15, -0.1) is 10.2 Å². The maximum absolute atomic E-state index is 12.5. The van der Waals surface area contributed by atoms with E-state index in [0.717, 1.165) is 25.8 Å². The molecule has 0 unspecified atom stereocenters. The van der Waals surface area contributed by atoms with Crippen LogP contribution in [0.5, 0.6) is 5.75 Å². The molecular weight excluding hydrogens is 392 g/mol. The van der Waals surface area contributed by atoms with Crippen LogP contribution in [-0.2, 0) is 11.3 Å². The van der Waals surface area contributed by atoms with Gasteiger partial charge < -0.3 is 19.4 Å². The lowest BCUT2D eigenvalue weighted by atomic mass is 10.0. The zero-order chi connectivity index (χ0) is 20.6. The van der Waals surface area contributed by atoms with Gasteiger partial charge in [0.25, 0.3) is 11.1 Å². The molecule has 3 rings (SSSR count). The number of hydrogen-bond donors (Lipinski definition) is 1. The highest BCUT2D eigenvalue weighted by atomic mass is 32.2. The summed E-state index contributed by atoms with van der Waals surface area (Å²) >= 11 is 1.23. The zero-order valence-corrected chi connectivity index (χ0v) is 17.5.